The smallest absolute Gasteiger partial charge is 0.306 e. The van der Waals surface area contributed by atoms with Gasteiger partial charge in [-0.05, 0) is 6.42 Å². The first kappa shape index (κ1) is 31.8. The maximum absolute atomic E-state index is 11.8. The third kappa shape index (κ3) is 23.8. The molecule has 0 spiro atoms. The third-order valence-corrected chi connectivity index (χ3v) is 5.47. The standard InChI is InChI=1S/C26H50O7/c1-4-5-6-7-8-9-10-11-12-13-14-15-16-19-31-24(22-30-3)23-33-26(28)18-17-25(27)32-21-20-29-2/h24H,4-23H2,1-3H3. The van der Waals surface area contributed by atoms with Gasteiger partial charge in [0.05, 0.1) is 26.1 Å². The molecular weight excluding hydrogens is 424 g/mol. The quantitative estimate of drug-likeness (QED) is 0.125. The molecule has 196 valence electrons. The Bertz CT molecular complexity index is 442. The largest absolute Gasteiger partial charge is 0.463 e. The summed E-state index contributed by atoms with van der Waals surface area (Å²) in [4.78, 5) is 23.3. The maximum Gasteiger partial charge on any atom is 0.306 e. The van der Waals surface area contributed by atoms with Crippen molar-refractivity contribution in [2.45, 2.75) is 109 Å². The summed E-state index contributed by atoms with van der Waals surface area (Å²) in [5.74, 6) is -0.875. The summed E-state index contributed by atoms with van der Waals surface area (Å²) < 4.78 is 25.9. The first-order valence-corrected chi connectivity index (χ1v) is 13.0. The molecule has 0 heterocycles. The number of carbonyl (C=O) groups excluding carboxylic acids is 2. The van der Waals surface area contributed by atoms with Crippen LogP contribution in [0.5, 0.6) is 0 Å². The van der Waals surface area contributed by atoms with Gasteiger partial charge in [-0.25, -0.2) is 0 Å². The van der Waals surface area contributed by atoms with Crippen molar-refractivity contribution in [3.05, 3.63) is 0 Å². The molecule has 0 saturated carbocycles. The molecule has 7 heteroatoms. The van der Waals surface area contributed by atoms with Crippen LogP contribution in [-0.4, -0.2) is 65.3 Å². The molecule has 0 aromatic rings. The highest BCUT2D eigenvalue weighted by Gasteiger charge is 2.14. The van der Waals surface area contributed by atoms with E-state index in [1.54, 1.807) is 7.11 Å². The Morgan fingerprint density at radius 3 is 1.61 bits per heavy atom. The summed E-state index contributed by atoms with van der Waals surface area (Å²) in [6, 6.07) is 0. The molecule has 0 aromatic heterocycles. The summed E-state index contributed by atoms with van der Waals surface area (Å²) in [5.41, 5.74) is 0. The Hall–Kier alpha value is -1.18. The minimum Gasteiger partial charge on any atom is -0.463 e. The zero-order valence-corrected chi connectivity index (χ0v) is 21.6. The molecule has 0 radical (unpaired) electrons. The maximum atomic E-state index is 11.8. The van der Waals surface area contributed by atoms with E-state index < -0.39 is 11.9 Å². The summed E-state index contributed by atoms with van der Waals surface area (Å²) in [5, 5.41) is 0. The Kier molecular flexibility index (Phi) is 24.5. The predicted molar refractivity (Wildman–Crippen MR) is 130 cm³/mol. The van der Waals surface area contributed by atoms with Crippen molar-refractivity contribution in [3.63, 3.8) is 0 Å². The van der Waals surface area contributed by atoms with Gasteiger partial charge in [-0.15, -0.1) is 0 Å². The predicted octanol–water partition coefficient (Wildman–Crippen LogP) is 5.62. The van der Waals surface area contributed by atoms with E-state index in [9.17, 15) is 9.59 Å². The molecule has 0 amide bonds. The van der Waals surface area contributed by atoms with E-state index in [4.69, 9.17) is 23.7 Å². The van der Waals surface area contributed by atoms with E-state index >= 15 is 0 Å². The van der Waals surface area contributed by atoms with Crippen molar-refractivity contribution >= 4 is 11.9 Å². The van der Waals surface area contributed by atoms with Crippen LogP contribution in [-0.2, 0) is 33.3 Å². The number of methoxy groups -OCH3 is 2. The molecular formula is C26H50O7. The fourth-order valence-electron chi connectivity index (χ4n) is 3.47. The molecule has 33 heavy (non-hydrogen) atoms. The Morgan fingerprint density at radius 1 is 0.576 bits per heavy atom. The van der Waals surface area contributed by atoms with Crippen LogP contribution in [0.25, 0.3) is 0 Å². The SMILES string of the molecule is CCCCCCCCCCCCCCCOC(COC)COC(=O)CCC(=O)OCCOC. The third-order valence-electron chi connectivity index (χ3n) is 5.47. The van der Waals surface area contributed by atoms with Gasteiger partial charge in [0.1, 0.15) is 19.3 Å². The van der Waals surface area contributed by atoms with Gasteiger partial charge < -0.3 is 23.7 Å². The second-order valence-corrected chi connectivity index (χ2v) is 8.59. The second kappa shape index (κ2) is 25.4. The van der Waals surface area contributed by atoms with Crippen molar-refractivity contribution < 1.29 is 33.3 Å². The molecule has 1 unspecified atom stereocenters. The average molecular weight is 475 g/mol. The normalized spacial score (nSPS) is 12.0. The van der Waals surface area contributed by atoms with Crippen LogP contribution in [0.4, 0.5) is 0 Å². The molecule has 0 rings (SSSR count). The van der Waals surface area contributed by atoms with Gasteiger partial charge in [-0.1, -0.05) is 84.0 Å². The summed E-state index contributed by atoms with van der Waals surface area (Å²) in [6.07, 6.45) is 16.8. The van der Waals surface area contributed by atoms with Gasteiger partial charge in [0, 0.05) is 20.8 Å². The monoisotopic (exact) mass is 474 g/mol. The highest BCUT2D eigenvalue weighted by atomic mass is 16.6. The van der Waals surface area contributed by atoms with E-state index in [0.717, 1.165) is 12.8 Å². The Balaban J connectivity index is 3.62. The van der Waals surface area contributed by atoms with Gasteiger partial charge in [0.2, 0.25) is 0 Å². The van der Waals surface area contributed by atoms with Gasteiger partial charge in [-0.3, -0.25) is 9.59 Å². The van der Waals surface area contributed by atoms with E-state index in [2.05, 4.69) is 6.92 Å². The summed E-state index contributed by atoms with van der Waals surface area (Å²) >= 11 is 0. The summed E-state index contributed by atoms with van der Waals surface area (Å²) in [6.45, 7) is 3.92. The lowest BCUT2D eigenvalue weighted by molar-refractivity contribution is -0.154. The van der Waals surface area contributed by atoms with Gasteiger partial charge in [-0.2, -0.15) is 0 Å². The summed E-state index contributed by atoms with van der Waals surface area (Å²) in [7, 11) is 3.13. The van der Waals surface area contributed by atoms with Crippen molar-refractivity contribution in [2.24, 2.45) is 0 Å². The van der Waals surface area contributed by atoms with Crippen molar-refractivity contribution in [1.82, 2.24) is 0 Å². The first-order chi connectivity index (χ1) is 16.1. The lowest BCUT2D eigenvalue weighted by atomic mass is 10.0. The highest BCUT2D eigenvalue weighted by Crippen LogP contribution is 2.12. The van der Waals surface area contributed by atoms with Gasteiger partial charge in [0.15, 0.2) is 0 Å². The number of rotatable bonds is 25. The number of esters is 2. The van der Waals surface area contributed by atoms with Crippen LogP contribution < -0.4 is 0 Å². The van der Waals surface area contributed by atoms with Crippen LogP contribution in [0.2, 0.25) is 0 Å². The van der Waals surface area contributed by atoms with Crippen LogP contribution in [0.1, 0.15) is 103 Å². The fraction of sp³-hybridized carbons (Fsp3) is 0.923. The minimum atomic E-state index is -0.440. The van der Waals surface area contributed by atoms with E-state index in [-0.39, 0.29) is 32.2 Å². The first-order valence-electron chi connectivity index (χ1n) is 13.0. The lowest BCUT2D eigenvalue weighted by Crippen LogP contribution is -2.27. The molecule has 0 N–H and O–H groups in total. The van der Waals surface area contributed by atoms with Gasteiger partial charge in [0.25, 0.3) is 0 Å². The lowest BCUT2D eigenvalue weighted by Gasteiger charge is -2.17. The molecule has 1 atom stereocenters. The van der Waals surface area contributed by atoms with Crippen molar-refractivity contribution in [3.8, 4) is 0 Å². The number of unbranched alkanes of at least 4 members (excludes halogenated alkanes) is 12. The van der Waals surface area contributed by atoms with Crippen molar-refractivity contribution in [2.75, 3.05) is 47.3 Å². The van der Waals surface area contributed by atoms with E-state index in [1.165, 1.54) is 77.7 Å². The van der Waals surface area contributed by atoms with Crippen LogP contribution in [0, 0.1) is 0 Å². The van der Waals surface area contributed by atoms with E-state index in [1.807, 2.05) is 0 Å². The molecule has 0 fully saturated rings. The zero-order chi connectivity index (χ0) is 24.4. The molecule has 0 aliphatic carbocycles. The number of hydrogen-bond donors (Lipinski definition) is 0. The number of ether oxygens (including phenoxy) is 5. The number of carbonyl (C=O) groups is 2. The molecule has 0 aliphatic heterocycles. The van der Waals surface area contributed by atoms with Crippen LogP contribution in [0.15, 0.2) is 0 Å². The average Bonchev–Trinajstić information content (AvgIpc) is 2.81. The fourth-order valence-corrected chi connectivity index (χ4v) is 3.47. The molecule has 0 bridgehead atoms. The molecule has 0 aromatic carbocycles. The number of hydrogen-bond acceptors (Lipinski definition) is 7. The van der Waals surface area contributed by atoms with Crippen molar-refractivity contribution in [1.29, 1.82) is 0 Å². The highest BCUT2D eigenvalue weighted by molar-refractivity contribution is 5.77. The Labute approximate surface area is 202 Å². The topological polar surface area (TPSA) is 80.3 Å². The Morgan fingerprint density at radius 2 is 1.09 bits per heavy atom. The molecule has 0 saturated heterocycles. The molecule has 0 aliphatic rings. The molecule has 7 nitrogen and oxygen atoms in total. The van der Waals surface area contributed by atoms with Crippen LogP contribution >= 0.6 is 0 Å². The minimum absolute atomic E-state index is 0.00267. The van der Waals surface area contributed by atoms with E-state index in [0.29, 0.717) is 19.8 Å². The van der Waals surface area contributed by atoms with Crippen LogP contribution in [0.3, 0.4) is 0 Å². The van der Waals surface area contributed by atoms with Gasteiger partial charge >= 0.3 is 11.9 Å². The second-order valence-electron chi connectivity index (χ2n) is 8.59. The zero-order valence-electron chi connectivity index (χ0n) is 21.6.